The molecule has 0 bridgehead atoms. The summed E-state index contributed by atoms with van der Waals surface area (Å²) in [6, 6.07) is 20.2. The fourth-order valence-electron chi connectivity index (χ4n) is 3.41. The van der Waals surface area contributed by atoms with Crippen molar-refractivity contribution < 1.29 is 14.3 Å². The van der Waals surface area contributed by atoms with Crippen LogP contribution in [0.5, 0.6) is 11.5 Å². The fraction of sp³-hybridized carbons (Fsp3) is 0.167. The summed E-state index contributed by atoms with van der Waals surface area (Å²) in [5.41, 5.74) is 2.51. The Morgan fingerprint density at radius 3 is 2.42 bits per heavy atom. The van der Waals surface area contributed by atoms with Crippen LogP contribution in [0.2, 0.25) is 0 Å². The van der Waals surface area contributed by atoms with Crippen LogP contribution in [-0.2, 0) is 9.59 Å². The van der Waals surface area contributed by atoms with E-state index in [1.165, 1.54) is 16.7 Å². The molecule has 4 rings (SSSR count). The van der Waals surface area contributed by atoms with Crippen molar-refractivity contribution >= 4 is 29.3 Å². The first kappa shape index (κ1) is 20.6. The fourth-order valence-corrected chi connectivity index (χ4v) is 4.64. The highest BCUT2D eigenvalue weighted by molar-refractivity contribution is 8.00. The number of carbonyl (C=O) groups excluding carboxylic acids is 2. The number of hydrogen-bond donors (Lipinski definition) is 0. The van der Waals surface area contributed by atoms with Gasteiger partial charge in [-0.15, -0.1) is 0 Å². The molecule has 31 heavy (non-hydrogen) atoms. The lowest BCUT2D eigenvalue weighted by atomic mass is 10.1. The van der Waals surface area contributed by atoms with Gasteiger partial charge in [-0.3, -0.25) is 9.59 Å². The largest absolute Gasteiger partial charge is 0.457 e. The molecular weight excluding hydrogens is 410 g/mol. The topological polar surface area (TPSA) is 83.3 Å². The van der Waals surface area contributed by atoms with E-state index >= 15 is 0 Å². The third-order valence-corrected chi connectivity index (χ3v) is 6.03. The molecule has 1 aliphatic rings. The molecular formula is C24H19N3O3S. The third-order valence-electron chi connectivity index (χ3n) is 4.86. The number of anilines is 1. The van der Waals surface area contributed by atoms with Gasteiger partial charge in [0.25, 0.3) is 0 Å². The summed E-state index contributed by atoms with van der Waals surface area (Å²) in [5.74, 6) is 0.728. The Hall–Kier alpha value is -3.63. The molecule has 1 aliphatic heterocycles. The number of nitrogens with zero attached hydrogens (tertiary/aromatic N) is 3. The molecule has 2 aromatic carbocycles. The predicted octanol–water partition coefficient (Wildman–Crippen LogP) is 4.79. The summed E-state index contributed by atoms with van der Waals surface area (Å²) in [4.78, 5) is 31.2. The van der Waals surface area contributed by atoms with Gasteiger partial charge in [0, 0.05) is 12.1 Å². The van der Waals surface area contributed by atoms with Crippen molar-refractivity contribution in [2.24, 2.45) is 0 Å². The first-order valence-electron chi connectivity index (χ1n) is 9.71. The number of rotatable bonds is 5. The van der Waals surface area contributed by atoms with E-state index in [-0.39, 0.29) is 18.2 Å². The number of hydrogen-bond acceptors (Lipinski definition) is 6. The summed E-state index contributed by atoms with van der Waals surface area (Å²) in [5, 5.41) is 9.33. The van der Waals surface area contributed by atoms with Crippen molar-refractivity contribution in [2.75, 3.05) is 4.90 Å². The summed E-state index contributed by atoms with van der Waals surface area (Å²) < 4.78 is 5.77. The van der Waals surface area contributed by atoms with Gasteiger partial charge in [-0.2, -0.15) is 5.26 Å². The lowest BCUT2D eigenvalue weighted by molar-refractivity contribution is -0.121. The van der Waals surface area contributed by atoms with Crippen LogP contribution in [0.3, 0.4) is 0 Å². The molecule has 0 aliphatic carbocycles. The van der Waals surface area contributed by atoms with Gasteiger partial charge >= 0.3 is 0 Å². The van der Waals surface area contributed by atoms with E-state index in [2.05, 4.69) is 11.1 Å². The zero-order valence-corrected chi connectivity index (χ0v) is 17.8. The van der Waals surface area contributed by atoms with Crippen LogP contribution < -0.4 is 9.64 Å². The van der Waals surface area contributed by atoms with Crippen molar-refractivity contribution in [3.8, 4) is 17.6 Å². The number of pyridine rings is 1. The minimum atomic E-state index is -0.617. The summed E-state index contributed by atoms with van der Waals surface area (Å²) in [6.45, 7) is 3.68. The Kier molecular flexibility index (Phi) is 5.74. The molecule has 1 aromatic heterocycles. The molecule has 0 unspecified atom stereocenters. The second-order valence-corrected chi connectivity index (χ2v) is 8.35. The number of aromatic nitrogens is 1. The zero-order chi connectivity index (χ0) is 22.0. The van der Waals surface area contributed by atoms with Gasteiger partial charge < -0.3 is 4.74 Å². The van der Waals surface area contributed by atoms with Crippen molar-refractivity contribution in [1.82, 2.24) is 4.98 Å². The third kappa shape index (κ3) is 4.30. The molecule has 2 heterocycles. The molecule has 154 valence electrons. The monoisotopic (exact) mass is 429 g/mol. The lowest BCUT2D eigenvalue weighted by Crippen LogP contribution is -2.31. The highest BCUT2D eigenvalue weighted by Crippen LogP contribution is 2.36. The van der Waals surface area contributed by atoms with E-state index in [4.69, 9.17) is 4.74 Å². The minimum absolute atomic E-state index is 0.0608. The Labute approximate surface area is 184 Å². The van der Waals surface area contributed by atoms with E-state index in [1.807, 2.05) is 50.2 Å². The number of ether oxygens (including phenoxy) is 1. The van der Waals surface area contributed by atoms with Gasteiger partial charge in [0.2, 0.25) is 11.8 Å². The maximum absolute atomic E-state index is 13.0. The SMILES string of the molecule is Cc1cc(C)c(C#N)c(S[C@H]2CC(=O)N(c3ccc(Oc4ccccc4)cc3)C2=O)n1. The molecule has 1 saturated heterocycles. The molecule has 0 saturated carbocycles. The van der Waals surface area contributed by atoms with Crippen LogP contribution in [0.1, 0.15) is 23.2 Å². The number of benzene rings is 2. The number of carbonyl (C=O) groups is 2. The second-order valence-electron chi connectivity index (χ2n) is 7.16. The molecule has 1 fully saturated rings. The van der Waals surface area contributed by atoms with Gasteiger partial charge in [-0.05, 0) is 61.9 Å². The van der Waals surface area contributed by atoms with Crippen LogP contribution in [0.25, 0.3) is 0 Å². The zero-order valence-electron chi connectivity index (χ0n) is 17.0. The number of amides is 2. The number of para-hydroxylation sites is 1. The normalized spacial score (nSPS) is 15.8. The standard InChI is InChI=1S/C24H19N3O3S/c1-15-12-16(2)26-23(20(15)14-25)31-21-13-22(28)27(24(21)29)17-8-10-19(11-9-17)30-18-6-4-3-5-7-18/h3-12,21H,13H2,1-2H3/t21-/m0/s1. The molecule has 0 radical (unpaired) electrons. The predicted molar refractivity (Wildman–Crippen MR) is 118 cm³/mol. The van der Waals surface area contributed by atoms with Gasteiger partial charge in [-0.25, -0.2) is 9.88 Å². The van der Waals surface area contributed by atoms with Crippen LogP contribution in [-0.4, -0.2) is 22.0 Å². The summed E-state index contributed by atoms with van der Waals surface area (Å²) >= 11 is 1.18. The van der Waals surface area contributed by atoms with Gasteiger partial charge in [0.05, 0.1) is 16.5 Å². The average molecular weight is 430 g/mol. The minimum Gasteiger partial charge on any atom is -0.457 e. The Bertz CT molecular complexity index is 1190. The van der Waals surface area contributed by atoms with Crippen molar-refractivity contribution in [2.45, 2.75) is 30.5 Å². The van der Waals surface area contributed by atoms with Gasteiger partial charge in [0.1, 0.15) is 22.6 Å². The van der Waals surface area contributed by atoms with Crippen LogP contribution >= 0.6 is 11.8 Å². The Morgan fingerprint density at radius 1 is 1.06 bits per heavy atom. The van der Waals surface area contributed by atoms with Crippen molar-refractivity contribution in [1.29, 1.82) is 5.26 Å². The maximum atomic E-state index is 13.0. The number of thioether (sulfide) groups is 1. The second kappa shape index (κ2) is 8.62. The molecule has 3 aromatic rings. The first-order chi connectivity index (χ1) is 15.0. The number of imide groups is 1. The Morgan fingerprint density at radius 2 is 1.74 bits per heavy atom. The summed E-state index contributed by atoms with van der Waals surface area (Å²) in [7, 11) is 0. The Balaban J connectivity index is 1.52. The van der Waals surface area contributed by atoms with Crippen molar-refractivity contribution in [3.63, 3.8) is 0 Å². The average Bonchev–Trinajstić information content (AvgIpc) is 3.02. The molecule has 1 atom stereocenters. The molecule has 0 spiro atoms. The van der Waals surface area contributed by atoms with Crippen molar-refractivity contribution in [3.05, 3.63) is 77.5 Å². The first-order valence-corrected chi connectivity index (χ1v) is 10.6. The van der Waals surface area contributed by atoms with Crippen LogP contribution in [0, 0.1) is 25.2 Å². The van der Waals surface area contributed by atoms with E-state index in [1.54, 1.807) is 24.3 Å². The van der Waals surface area contributed by atoms with E-state index < -0.39 is 5.25 Å². The summed E-state index contributed by atoms with van der Waals surface area (Å²) in [6.07, 6.45) is 0.0608. The molecule has 0 N–H and O–H groups in total. The van der Waals surface area contributed by atoms with E-state index in [0.717, 1.165) is 11.3 Å². The molecule has 2 amide bonds. The highest BCUT2D eigenvalue weighted by atomic mass is 32.2. The van der Waals surface area contributed by atoms with Gasteiger partial charge in [0.15, 0.2) is 0 Å². The number of aryl methyl sites for hydroxylation is 2. The lowest BCUT2D eigenvalue weighted by Gasteiger charge is -2.16. The van der Waals surface area contributed by atoms with Crippen LogP contribution in [0.4, 0.5) is 5.69 Å². The smallest absolute Gasteiger partial charge is 0.247 e. The maximum Gasteiger partial charge on any atom is 0.247 e. The van der Waals surface area contributed by atoms with E-state index in [0.29, 0.717) is 27.8 Å². The molecule has 7 heteroatoms. The molecule has 6 nitrogen and oxygen atoms in total. The highest BCUT2D eigenvalue weighted by Gasteiger charge is 2.40. The number of nitriles is 1. The quantitative estimate of drug-likeness (QED) is 0.543. The van der Waals surface area contributed by atoms with Gasteiger partial charge in [-0.1, -0.05) is 30.0 Å². The van der Waals surface area contributed by atoms with E-state index in [9.17, 15) is 14.9 Å². The van der Waals surface area contributed by atoms with Crippen LogP contribution in [0.15, 0.2) is 65.7 Å².